The number of aryl methyl sites for hydroxylation is 2. The van der Waals surface area contributed by atoms with Gasteiger partial charge in [0, 0.05) is 41.5 Å². The molecule has 0 aliphatic rings. The van der Waals surface area contributed by atoms with Crippen LogP contribution in [-0.2, 0) is 0 Å². The zero-order valence-corrected chi connectivity index (χ0v) is 10.3. The second-order valence-corrected chi connectivity index (χ2v) is 4.21. The van der Waals surface area contributed by atoms with E-state index in [0.717, 1.165) is 22.4 Å². The Kier molecular flexibility index (Phi) is 3.15. The Balaban J connectivity index is 2.49. The van der Waals surface area contributed by atoms with Crippen molar-refractivity contribution in [2.45, 2.75) is 26.8 Å². The first-order valence-electron chi connectivity index (χ1n) is 5.59. The largest absolute Gasteiger partial charge is 0.324 e. The highest BCUT2D eigenvalue weighted by Crippen LogP contribution is 2.20. The highest BCUT2D eigenvalue weighted by atomic mass is 14.9. The maximum Gasteiger partial charge on any atom is 0.161 e. The normalized spacial score (nSPS) is 12.5. The van der Waals surface area contributed by atoms with E-state index in [1.807, 2.05) is 26.8 Å². The van der Waals surface area contributed by atoms with E-state index < -0.39 is 0 Å². The van der Waals surface area contributed by atoms with Crippen molar-refractivity contribution in [1.29, 1.82) is 0 Å². The second kappa shape index (κ2) is 4.59. The number of aromatic nitrogens is 3. The summed E-state index contributed by atoms with van der Waals surface area (Å²) in [5.41, 5.74) is 9.83. The zero-order chi connectivity index (χ0) is 12.4. The van der Waals surface area contributed by atoms with Gasteiger partial charge in [0.05, 0.1) is 0 Å². The summed E-state index contributed by atoms with van der Waals surface area (Å²) in [6, 6.07) is 1.91. The van der Waals surface area contributed by atoms with Gasteiger partial charge in [-0.1, -0.05) is 0 Å². The number of nitrogens with two attached hydrogens (primary N) is 1. The van der Waals surface area contributed by atoms with Crippen molar-refractivity contribution < 1.29 is 0 Å². The van der Waals surface area contributed by atoms with Crippen LogP contribution in [0, 0.1) is 13.8 Å². The van der Waals surface area contributed by atoms with Crippen LogP contribution in [-0.4, -0.2) is 15.0 Å². The van der Waals surface area contributed by atoms with Crippen LogP contribution in [0.1, 0.15) is 29.8 Å². The van der Waals surface area contributed by atoms with Gasteiger partial charge in [0.25, 0.3) is 0 Å². The SMILES string of the molecule is Cc1ccncc1-c1ncc(C(C)N)c(C)n1. The van der Waals surface area contributed by atoms with Crippen LogP contribution >= 0.6 is 0 Å². The molecule has 0 aliphatic heterocycles. The highest BCUT2D eigenvalue weighted by molar-refractivity contribution is 5.58. The van der Waals surface area contributed by atoms with Gasteiger partial charge in [0.1, 0.15) is 0 Å². The summed E-state index contributed by atoms with van der Waals surface area (Å²) in [5.74, 6) is 0.706. The molecule has 4 nitrogen and oxygen atoms in total. The highest BCUT2D eigenvalue weighted by Gasteiger charge is 2.09. The number of pyridine rings is 1. The van der Waals surface area contributed by atoms with E-state index in [-0.39, 0.29) is 6.04 Å². The molecule has 4 heteroatoms. The Labute approximate surface area is 101 Å². The predicted octanol–water partition coefficient (Wildman–Crippen LogP) is 2.18. The van der Waals surface area contributed by atoms with E-state index in [0.29, 0.717) is 5.82 Å². The summed E-state index contributed by atoms with van der Waals surface area (Å²) >= 11 is 0. The van der Waals surface area contributed by atoms with Gasteiger partial charge in [0.2, 0.25) is 0 Å². The molecule has 2 N–H and O–H groups in total. The Morgan fingerprint density at radius 2 is 2.00 bits per heavy atom. The quantitative estimate of drug-likeness (QED) is 0.855. The van der Waals surface area contributed by atoms with Gasteiger partial charge >= 0.3 is 0 Å². The van der Waals surface area contributed by atoms with Gasteiger partial charge in [-0.25, -0.2) is 9.97 Å². The second-order valence-electron chi connectivity index (χ2n) is 4.21. The molecule has 2 rings (SSSR count). The Bertz CT molecular complexity index is 535. The van der Waals surface area contributed by atoms with Gasteiger partial charge in [-0.2, -0.15) is 0 Å². The van der Waals surface area contributed by atoms with Crippen LogP contribution < -0.4 is 5.73 Å². The Morgan fingerprint density at radius 1 is 1.24 bits per heavy atom. The van der Waals surface area contributed by atoms with Crippen molar-refractivity contribution in [3.63, 3.8) is 0 Å². The molecule has 2 heterocycles. The zero-order valence-electron chi connectivity index (χ0n) is 10.3. The molecule has 2 aromatic rings. The van der Waals surface area contributed by atoms with Gasteiger partial charge in [-0.3, -0.25) is 4.98 Å². The molecule has 0 spiro atoms. The van der Waals surface area contributed by atoms with Gasteiger partial charge in [0.15, 0.2) is 5.82 Å². The summed E-state index contributed by atoms with van der Waals surface area (Å²) in [7, 11) is 0. The van der Waals surface area contributed by atoms with Crippen molar-refractivity contribution in [3.8, 4) is 11.4 Å². The fourth-order valence-electron chi connectivity index (χ4n) is 1.75. The van der Waals surface area contributed by atoms with Crippen molar-refractivity contribution in [2.75, 3.05) is 0 Å². The molecular weight excluding hydrogens is 212 g/mol. The van der Waals surface area contributed by atoms with Crippen LogP contribution in [0.25, 0.3) is 11.4 Å². The summed E-state index contributed by atoms with van der Waals surface area (Å²) in [6.45, 7) is 5.91. The minimum absolute atomic E-state index is 0.0426. The summed E-state index contributed by atoms with van der Waals surface area (Å²) in [5, 5.41) is 0. The van der Waals surface area contributed by atoms with Crippen LogP contribution in [0.3, 0.4) is 0 Å². The van der Waals surface area contributed by atoms with Crippen molar-refractivity contribution >= 4 is 0 Å². The maximum atomic E-state index is 5.84. The molecule has 0 radical (unpaired) electrons. The van der Waals surface area contributed by atoms with E-state index >= 15 is 0 Å². The fraction of sp³-hybridized carbons (Fsp3) is 0.308. The Hall–Kier alpha value is -1.81. The molecule has 0 amide bonds. The van der Waals surface area contributed by atoms with Crippen molar-refractivity contribution in [1.82, 2.24) is 15.0 Å². The first-order valence-corrected chi connectivity index (χ1v) is 5.59. The maximum absolute atomic E-state index is 5.84. The van der Waals surface area contributed by atoms with Crippen LogP contribution in [0.5, 0.6) is 0 Å². The molecule has 88 valence electrons. The van der Waals surface area contributed by atoms with Crippen LogP contribution in [0.4, 0.5) is 0 Å². The lowest BCUT2D eigenvalue weighted by atomic mass is 10.1. The third-order valence-corrected chi connectivity index (χ3v) is 2.79. The first kappa shape index (κ1) is 11.7. The summed E-state index contributed by atoms with van der Waals surface area (Å²) in [6.07, 6.45) is 5.35. The predicted molar refractivity (Wildman–Crippen MR) is 67.3 cm³/mol. The van der Waals surface area contributed by atoms with E-state index in [1.165, 1.54) is 0 Å². The average Bonchev–Trinajstić information content (AvgIpc) is 2.29. The van der Waals surface area contributed by atoms with Gasteiger partial charge < -0.3 is 5.73 Å². The summed E-state index contributed by atoms with van der Waals surface area (Å²) in [4.78, 5) is 13.0. The van der Waals surface area contributed by atoms with E-state index in [1.54, 1.807) is 18.6 Å². The molecule has 1 atom stereocenters. The van der Waals surface area contributed by atoms with E-state index in [2.05, 4.69) is 15.0 Å². The average molecular weight is 228 g/mol. The third kappa shape index (κ3) is 2.31. The minimum Gasteiger partial charge on any atom is -0.324 e. The molecule has 1 unspecified atom stereocenters. The van der Waals surface area contributed by atoms with E-state index in [4.69, 9.17) is 5.73 Å². The molecule has 0 aromatic carbocycles. The molecular formula is C13H16N4. The third-order valence-electron chi connectivity index (χ3n) is 2.79. The fourth-order valence-corrected chi connectivity index (χ4v) is 1.75. The standard InChI is InChI=1S/C13H16N4/c1-8-4-5-15-6-11(8)13-16-7-12(9(2)14)10(3)17-13/h4-7,9H,14H2,1-3H3. The van der Waals surface area contributed by atoms with Gasteiger partial charge in [-0.15, -0.1) is 0 Å². The van der Waals surface area contributed by atoms with Gasteiger partial charge in [-0.05, 0) is 32.4 Å². The lowest BCUT2D eigenvalue weighted by Crippen LogP contribution is -2.09. The molecule has 0 saturated heterocycles. The smallest absolute Gasteiger partial charge is 0.161 e. The number of rotatable bonds is 2. The van der Waals surface area contributed by atoms with Crippen molar-refractivity contribution in [3.05, 3.63) is 41.5 Å². The molecule has 0 fully saturated rings. The van der Waals surface area contributed by atoms with E-state index in [9.17, 15) is 0 Å². The number of hydrogen-bond acceptors (Lipinski definition) is 4. The number of hydrogen-bond donors (Lipinski definition) is 1. The molecule has 2 aromatic heterocycles. The van der Waals surface area contributed by atoms with Crippen LogP contribution in [0.2, 0.25) is 0 Å². The lowest BCUT2D eigenvalue weighted by Gasteiger charge is -2.10. The lowest BCUT2D eigenvalue weighted by molar-refractivity contribution is 0.790. The molecule has 0 aliphatic carbocycles. The minimum atomic E-state index is -0.0426. The number of nitrogens with zero attached hydrogens (tertiary/aromatic N) is 3. The topological polar surface area (TPSA) is 64.7 Å². The molecule has 0 saturated carbocycles. The van der Waals surface area contributed by atoms with Crippen molar-refractivity contribution in [2.24, 2.45) is 5.73 Å². The molecule has 0 bridgehead atoms. The Morgan fingerprint density at radius 3 is 2.59 bits per heavy atom. The first-order chi connectivity index (χ1) is 8.09. The molecule has 17 heavy (non-hydrogen) atoms. The summed E-state index contributed by atoms with van der Waals surface area (Å²) < 4.78 is 0. The monoisotopic (exact) mass is 228 g/mol. The van der Waals surface area contributed by atoms with Crippen LogP contribution in [0.15, 0.2) is 24.7 Å².